The highest BCUT2D eigenvalue weighted by Gasteiger charge is 2.31. The van der Waals surface area contributed by atoms with Crippen molar-refractivity contribution in [2.75, 3.05) is 13.7 Å². The molecule has 0 saturated carbocycles. The SMILES string of the molecule is COc1ccc(C(F)(F)CCO)cc1F. The second-order valence-corrected chi connectivity index (χ2v) is 3.03. The quantitative estimate of drug-likeness (QED) is 0.843. The average Bonchev–Trinajstić information content (AvgIpc) is 2.17. The zero-order valence-electron chi connectivity index (χ0n) is 8.14. The molecule has 5 heteroatoms. The molecule has 84 valence electrons. The van der Waals surface area contributed by atoms with Crippen molar-refractivity contribution in [3.63, 3.8) is 0 Å². The fourth-order valence-corrected chi connectivity index (χ4v) is 1.18. The average molecular weight is 220 g/mol. The van der Waals surface area contributed by atoms with Gasteiger partial charge in [0.1, 0.15) is 0 Å². The van der Waals surface area contributed by atoms with E-state index in [4.69, 9.17) is 5.11 Å². The minimum absolute atomic E-state index is 0.0847. The van der Waals surface area contributed by atoms with Crippen LogP contribution in [-0.2, 0) is 5.92 Å². The fourth-order valence-electron chi connectivity index (χ4n) is 1.18. The molecule has 1 aromatic rings. The second kappa shape index (κ2) is 4.53. The Bertz CT molecular complexity index is 339. The van der Waals surface area contributed by atoms with Crippen LogP contribution in [0, 0.1) is 5.82 Å². The molecule has 1 N–H and O–H groups in total. The molecule has 0 amide bonds. The molecule has 0 fully saturated rings. The molecular weight excluding hydrogens is 209 g/mol. The lowest BCUT2D eigenvalue weighted by molar-refractivity contribution is -0.0272. The third kappa shape index (κ3) is 2.62. The molecule has 0 aromatic heterocycles. The van der Waals surface area contributed by atoms with E-state index < -0.39 is 30.3 Å². The van der Waals surface area contributed by atoms with Crippen LogP contribution in [0.15, 0.2) is 18.2 Å². The van der Waals surface area contributed by atoms with E-state index in [1.54, 1.807) is 0 Å². The van der Waals surface area contributed by atoms with Crippen LogP contribution in [0.5, 0.6) is 5.75 Å². The van der Waals surface area contributed by atoms with Crippen molar-refractivity contribution in [1.29, 1.82) is 0 Å². The summed E-state index contributed by atoms with van der Waals surface area (Å²) in [5.74, 6) is -4.15. The van der Waals surface area contributed by atoms with E-state index >= 15 is 0 Å². The number of alkyl halides is 2. The maximum absolute atomic E-state index is 13.2. The van der Waals surface area contributed by atoms with Gasteiger partial charge < -0.3 is 9.84 Å². The Kier molecular flexibility index (Phi) is 3.57. The topological polar surface area (TPSA) is 29.5 Å². The molecule has 0 aliphatic heterocycles. The summed E-state index contributed by atoms with van der Waals surface area (Å²) >= 11 is 0. The van der Waals surface area contributed by atoms with Gasteiger partial charge >= 0.3 is 0 Å². The predicted molar refractivity (Wildman–Crippen MR) is 48.5 cm³/mol. The van der Waals surface area contributed by atoms with Gasteiger partial charge in [-0.1, -0.05) is 0 Å². The number of ether oxygens (including phenoxy) is 1. The first-order chi connectivity index (χ1) is 7.01. The van der Waals surface area contributed by atoms with Gasteiger partial charge in [-0.3, -0.25) is 0 Å². The summed E-state index contributed by atoms with van der Waals surface area (Å²) in [6.45, 7) is -0.652. The summed E-state index contributed by atoms with van der Waals surface area (Å²) in [5, 5.41) is 8.43. The third-order valence-electron chi connectivity index (χ3n) is 2.00. The van der Waals surface area contributed by atoms with E-state index in [-0.39, 0.29) is 5.75 Å². The molecule has 15 heavy (non-hydrogen) atoms. The molecular formula is C10H11F3O2. The number of rotatable bonds is 4. The maximum atomic E-state index is 13.2. The van der Waals surface area contributed by atoms with Gasteiger partial charge in [0.05, 0.1) is 7.11 Å². The van der Waals surface area contributed by atoms with Gasteiger partial charge in [-0.2, -0.15) is 0 Å². The van der Waals surface area contributed by atoms with Gasteiger partial charge in [-0.05, 0) is 18.2 Å². The zero-order chi connectivity index (χ0) is 11.5. The van der Waals surface area contributed by atoms with Gasteiger partial charge in [-0.25, -0.2) is 13.2 Å². The van der Waals surface area contributed by atoms with Crippen molar-refractivity contribution >= 4 is 0 Å². The molecule has 0 radical (unpaired) electrons. The van der Waals surface area contributed by atoms with Gasteiger partial charge in [0.25, 0.3) is 5.92 Å². The molecule has 0 atom stereocenters. The lowest BCUT2D eigenvalue weighted by Gasteiger charge is -2.15. The molecule has 0 heterocycles. The Labute approximate surface area is 85.3 Å². The normalized spacial score (nSPS) is 11.5. The molecule has 1 rings (SSSR count). The number of methoxy groups -OCH3 is 1. The van der Waals surface area contributed by atoms with Gasteiger partial charge in [0, 0.05) is 18.6 Å². The largest absolute Gasteiger partial charge is 0.494 e. The Morgan fingerprint density at radius 3 is 2.53 bits per heavy atom. The minimum atomic E-state index is -3.22. The van der Waals surface area contributed by atoms with Gasteiger partial charge in [0.15, 0.2) is 11.6 Å². The lowest BCUT2D eigenvalue weighted by atomic mass is 10.1. The summed E-state index contributed by atoms with van der Waals surface area (Å²) in [7, 11) is 1.25. The van der Waals surface area contributed by atoms with Crippen LogP contribution >= 0.6 is 0 Å². The molecule has 0 bridgehead atoms. The highest BCUT2D eigenvalue weighted by atomic mass is 19.3. The number of aliphatic hydroxyl groups excluding tert-OH is 1. The number of hydrogen-bond acceptors (Lipinski definition) is 2. The smallest absolute Gasteiger partial charge is 0.275 e. The number of hydrogen-bond donors (Lipinski definition) is 1. The highest BCUT2D eigenvalue weighted by Crippen LogP contribution is 2.33. The van der Waals surface area contributed by atoms with Crippen molar-refractivity contribution < 1.29 is 23.0 Å². The Hall–Kier alpha value is -1.23. The second-order valence-electron chi connectivity index (χ2n) is 3.03. The molecule has 0 saturated heterocycles. The summed E-state index contributed by atoms with van der Waals surface area (Å²) in [6, 6.07) is 2.93. The van der Waals surface area contributed by atoms with Crippen LogP contribution in [0.25, 0.3) is 0 Å². The lowest BCUT2D eigenvalue weighted by Crippen LogP contribution is -2.15. The van der Waals surface area contributed by atoms with Crippen LogP contribution < -0.4 is 4.74 Å². The van der Waals surface area contributed by atoms with Crippen LogP contribution in [-0.4, -0.2) is 18.8 Å². The van der Waals surface area contributed by atoms with Crippen molar-refractivity contribution in [3.8, 4) is 5.75 Å². The number of benzene rings is 1. The number of halogens is 3. The van der Waals surface area contributed by atoms with Crippen LogP contribution in [0.3, 0.4) is 0 Å². The summed E-state index contributed by atoms with van der Waals surface area (Å²) < 4.78 is 44.1. The Balaban J connectivity index is 3.01. The molecule has 1 aromatic carbocycles. The molecule has 0 aliphatic carbocycles. The standard InChI is InChI=1S/C10H11F3O2/c1-15-9-3-2-7(6-8(9)11)10(12,13)4-5-14/h2-3,6,14H,4-5H2,1H3. The predicted octanol–water partition coefficient (Wildman–Crippen LogP) is 2.31. The molecule has 0 spiro atoms. The van der Waals surface area contributed by atoms with E-state index in [1.165, 1.54) is 7.11 Å². The van der Waals surface area contributed by atoms with Crippen LogP contribution in [0.1, 0.15) is 12.0 Å². The maximum Gasteiger partial charge on any atom is 0.275 e. The minimum Gasteiger partial charge on any atom is -0.494 e. The van der Waals surface area contributed by atoms with Gasteiger partial charge in [-0.15, -0.1) is 0 Å². The van der Waals surface area contributed by atoms with Crippen molar-refractivity contribution in [3.05, 3.63) is 29.6 Å². The first-order valence-corrected chi connectivity index (χ1v) is 4.34. The first kappa shape index (κ1) is 11.8. The van der Waals surface area contributed by atoms with E-state index in [0.29, 0.717) is 6.07 Å². The van der Waals surface area contributed by atoms with E-state index in [1.807, 2.05) is 0 Å². The molecule has 2 nitrogen and oxygen atoms in total. The Morgan fingerprint density at radius 1 is 1.40 bits per heavy atom. The number of aliphatic hydroxyl groups is 1. The fraction of sp³-hybridized carbons (Fsp3) is 0.400. The van der Waals surface area contributed by atoms with E-state index in [0.717, 1.165) is 12.1 Å². The highest BCUT2D eigenvalue weighted by molar-refractivity contribution is 5.31. The van der Waals surface area contributed by atoms with Crippen molar-refractivity contribution in [1.82, 2.24) is 0 Å². The van der Waals surface area contributed by atoms with E-state index in [2.05, 4.69) is 4.74 Å². The van der Waals surface area contributed by atoms with Crippen LogP contribution in [0.2, 0.25) is 0 Å². The van der Waals surface area contributed by atoms with E-state index in [9.17, 15) is 13.2 Å². The molecule has 0 unspecified atom stereocenters. The Morgan fingerprint density at radius 2 is 2.07 bits per heavy atom. The summed E-state index contributed by atoms with van der Waals surface area (Å²) in [4.78, 5) is 0. The summed E-state index contributed by atoms with van der Waals surface area (Å²) in [5.41, 5.74) is -0.463. The van der Waals surface area contributed by atoms with Crippen molar-refractivity contribution in [2.45, 2.75) is 12.3 Å². The van der Waals surface area contributed by atoms with Gasteiger partial charge in [0.2, 0.25) is 0 Å². The first-order valence-electron chi connectivity index (χ1n) is 4.34. The summed E-state index contributed by atoms with van der Waals surface area (Å²) in [6.07, 6.45) is -0.723. The molecule has 0 aliphatic rings. The van der Waals surface area contributed by atoms with Crippen LogP contribution in [0.4, 0.5) is 13.2 Å². The monoisotopic (exact) mass is 220 g/mol. The zero-order valence-corrected chi connectivity index (χ0v) is 8.14. The van der Waals surface area contributed by atoms with Crippen molar-refractivity contribution in [2.24, 2.45) is 0 Å². The third-order valence-corrected chi connectivity index (χ3v) is 2.00.